The standard InChI is InChI=1S/C13H14N2O3S/c1-6(2)11-10(13(17)18-4)7(3)9-8(5-16)15-19-12(9)14-11/h5-6H,1-4H3. The molecule has 2 rings (SSSR count). The highest BCUT2D eigenvalue weighted by Gasteiger charge is 2.23. The molecule has 0 aliphatic rings. The van der Waals surface area contributed by atoms with Gasteiger partial charge in [0.05, 0.1) is 18.4 Å². The average molecular weight is 278 g/mol. The maximum Gasteiger partial charge on any atom is 0.340 e. The predicted octanol–water partition coefficient (Wildman–Crippen LogP) is 2.72. The lowest BCUT2D eigenvalue weighted by Crippen LogP contribution is -2.11. The summed E-state index contributed by atoms with van der Waals surface area (Å²) >= 11 is 1.17. The van der Waals surface area contributed by atoms with E-state index in [4.69, 9.17) is 4.74 Å². The minimum absolute atomic E-state index is 0.0824. The monoisotopic (exact) mass is 278 g/mol. The highest BCUT2D eigenvalue weighted by Crippen LogP contribution is 2.31. The molecule has 0 bridgehead atoms. The van der Waals surface area contributed by atoms with Gasteiger partial charge in [-0.1, -0.05) is 13.8 Å². The molecule has 0 aliphatic carbocycles. The van der Waals surface area contributed by atoms with Gasteiger partial charge in [-0.2, -0.15) is 4.37 Å². The maximum atomic E-state index is 12.0. The summed E-state index contributed by atoms with van der Waals surface area (Å²) in [7, 11) is 1.34. The Morgan fingerprint density at radius 2 is 2.11 bits per heavy atom. The van der Waals surface area contributed by atoms with Crippen molar-refractivity contribution in [3.05, 3.63) is 22.5 Å². The summed E-state index contributed by atoms with van der Waals surface area (Å²) in [5, 5.41) is 0.643. The van der Waals surface area contributed by atoms with Crippen molar-refractivity contribution in [1.29, 1.82) is 0 Å². The second kappa shape index (κ2) is 5.05. The van der Waals surface area contributed by atoms with E-state index in [0.29, 0.717) is 39.0 Å². The van der Waals surface area contributed by atoms with E-state index in [9.17, 15) is 9.59 Å². The van der Waals surface area contributed by atoms with Gasteiger partial charge in [-0.3, -0.25) is 4.79 Å². The Kier molecular flexibility index (Phi) is 3.61. The van der Waals surface area contributed by atoms with Crippen molar-refractivity contribution in [2.24, 2.45) is 0 Å². The molecule has 0 saturated heterocycles. The van der Waals surface area contributed by atoms with Gasteiger partial charge >= 0.3 is 5.97 Å². The Balaban J connectivity index is 2.88. The molecule has 0 aromatic carbocycles. The lowest BCUT2D eigenvalue weighted by atomic mass is 9.97. The molecule has 2 heterocycles. The number of nitrogens with zero attached hydrogens (tertiary/aromatic N) is 2. The summed E-state index contributed by atoms with van der Waals surface area (Å²) < 4.78 is 8.88. The van der Waals surface area contributed by atoms with Gasteiger partial charge in [0.2, 0.25) is 0 Å². The second-order valence-electron chi connectivity index (χ2n) is 4.51. The highest BCUT2D eigenvalue weighted by molar-refractivity contribution is 7.13. The van der Waals surface area contributed by atoms with E-state index in [1.54, 1.807) is 6.92 Å². The number of aryl methyl sites for hydroxylation is 1. The number of aldehydes is 1. The third-order valence-corrected chi connectivity index (χ3v) is 3.73. The number of methoxy groups -OCH3 is 1. The highest BCUT2D eigenvalue weighted by atomic mass is 32.1. The van der Waals surface area contributed by atoms with Crippen LogP contribution in [0.5, 0.6) is 0 Å². The summed E-state index contributed by atoms with van der Waals surface area (Å²) in [5.74, 6) is -0.349. The zero-order valence-electron chi connectivity index (χ0n) is 11.2. The lowest BCUT2D eigenvalue weighted by Gasteiger charge is -2.13. The first-order valence-corrected chi connectivity index (χ1v) is 6.62. The second-order valence-corrected chi connectivity index (χ2v) is 5.26. The third-order valence-electron chi connectivity index (χ3n) is 2.98. The molecule has 0 radical (unpaired) electrons. The zero-order chi connectivity index (χ0) is 14.2. The molecule has 19 heavy (non-hydrogen) atoms. The summed E-state index contributed by atoms with van der Waals surface area (Å²) in [6.07, 6.45) is 0.684. The predicted molar refractivity (Wildman–Crippen MR) is 73.0 cm³/mol. The number of ether oxygens (including phenoxy) is 1. The molecular weight excluding hydrogens is 264 g/mol. The van der Waals surface area contributed by atoms with Gasteiger partial charge in [0, 0.05) is 5.39 Å². The number of aromatic nitrogens is 2. The average Bonchev–Trinajstić information content (AvgIpc) is 2.80. The first-order chi connectivity index (χ1) is 9.01. The number of hydrogen-bond acceptors (Lipinski definition) is 6. The molecule has 0 atom stereocenters. The molecule has 0 fully saturated rings. The van der Waals surface area contributed by atoms with Crippen LogP contribution < -0.4 is 0 Å². The number of pyridine rings is 1. The summed E-state index contributed by atoms with van der Waals surface area (Å²) in [5.41, 5.74) is 2.15. The van der Waals surface area contributed by atoms with Gasteiger partial charge in [0.25, 0.3) is 0 Å². The van der Waals surface area contributed by atoms with Crippen LogP contribution in [-0.4, -0.2) is 28.7 Å². The molecule has 0 saturated carbocycles. The van der Waals surface area contributed by atoms with Crippen molar-refractivity contribution in [2.45, 2.75) is 26.7 Å². The number of esters is 1. The van der Waals surface area contributed by atoms with E-state index in [-0.39, 0.29) is 5.92 Å². The molecule has 100 valence electrons. The Morgan fingerprint density at radius 1 is 1.42 bits per heavy atom. The zero-order valence-corrected chi connectivity index (χ0v) is 12.0. The van der Waals surface area contributed by atoms with E-state index < -0.39 is 5.97 Å². The Labute approximate surface area is 114 Å². The van der Waals surface area contributed by atoms with E-state index in [1.165, 1.54) is 18.6 Å². The van der Waals surface area contributed by atoms with Gasteiger partial charge in [-0.15, -0.1) is 0 Å². The minimum Gasteiger partial charge on any atom is -0.465 e. The Morgan fingerprint density at radius 3 is 2.63 bits per heavy atom. The fourth-order valence-corrected chi connectivity index (χ4v) is 2.87. The molecular formula is C13H14N2O3S. The van der Waals surface area contributed by atoms with Crippen molar-refractivity contribution in [2.75, 3.05) is 7.11 Å². The largest absolute Gasteiger partial charge is 0.465 e. The fourth-order valence-electron chi connectivity index (χ4n) is 2.06. The van der Waals surface area contributed by atoms with E-state index in [2.05, 4.69) is 9.36 Å². The minimum atomic E-state index is -0.432. The maximum absolute atomic E-state index is 12.0. The van der Waals surface area contributed by atoms with Crippen molar-refractivity contribution >= 4 is 34.0 Å². The van der Waals surface area contributed by atoms with Crippen molar-refractivity contribution in [3.63, 3.8) is 0 Å². The van der Waals surface area contributed by atoms with E-state index in [0.717, 1.165) is 0 Å². The fraction of sp³-hybridized carbons (Fsp3) is 0.385. The summed E-state index contributed by atoms with van der Waals surface area (Å²) in [4.78, 5) is 28.1. The van der Waals surface area contributed by atoms with Crippen molar-refractivity contribution < 1.29 is 14.3 Å². The molecule has 0 aliphatic heterocycles. The van der Waals surface area contributed by atoms with Crippen LogP contribution in [0.2, 0.25) is 0 Å². The number of carbonyl (C=O) groups excluding carboxylic acids is 2. The van der Waals surface area contributed by atoms with Crippen LogP contribution in [0.1, 0.15) is 51.9 Å². The van der Waals surface area contributed by atoms with Crippen LogP contribution in [0, 0.1) is 6.92 Å². The summed E-state index contributed by atoms with van der Waals surface area (Å²) in [6.45, 7) is 5.72. The molecule has 0 N–H and O–H groups in total. The molecule has 2 aromatic heterocycles. The number of carbonyl (C=O) groups is 2. The lowest BCUT2D eigenvalue weighted by molar-refractivity contribution is 0.0597. The number of fused-ring (bicyclic) bond motifs is 1. The van der Waals surface area contributed by atoms with E-state index >= 15 is 0 Å². The first kappa shape index (κ1) is 13.6. The Bertz CT molecular complexity index is 661. The molecule has 0 unspecified atom stereocenters. The molecule has 6 heteroatoms. The molecule has 0 spiro atoms. The first-order valence-electron chi connectivity index (χ1n) is 5.84. The van der Waals surface area contributed by atoms with Crippen LogP contribution in [0.15, 0.2) is 0 Å². The van der Waals surface area contributed by atoms with Gasteiger partial charge in [0.15, 0.2) is 6.29 Å². The number of rotatable bonds is 3. The van der Waals surface area contributed by atoms with Gasteiger partial charge in [-0.05, 0) is 29.9 Å². The topological polar surface area (TPSA) is 69.2 Å². The molecule has 5 nitrogen and oxygen atoms in total. The van der Waals surface area contributed by atoms with Gasteiger partial charge in [-0.25, -0.2) is 9.78 Å². The molecule has 0 amide bonds. The molecule has 2 aromatic rings. The van der Waals surface area contributed by atoms with Crippen LogP contribution in [-0.2, 0) is 4.74 Å². The SMILES string of the molecule is COC(=O)c1c(C(C)C)nc2snc(C=O)c2c1C. The van der Waals surface area contributed by atoms with Crippen LogP contribution in [0.3, 0.4) is 0 Å². The van der Waals surface area contributed by atoms with Gasteiger partial charge < -0.3 is 4.74 Å². The smallest absolute Gasteiger partial charge is 0.340 e. The third kappa shape index (κ3) is 2.12. The van der Waals surface area contributed by atoms with Crippen molar-refractivity contribution in [3.8, 4) is 0 Å². The number of hydrogen-bond donors (Lipinski definition) is 0. The Hall–Kier alpha value is -1.82. The normalized spacial score (nSPS) is 11.0. The van der Waals surface area contributed by atoms with Crippen molar-refractivity contribution in [1.82, 2.24) is 9.36 Å². The van der Waals surface area contributed by atoms with Crippen LogP contribution in [0.25, 0.3) is 10.2 Å². The van der Waals surface area contributed by atoms with Gasteiger partial charge in [0.1, 0.15) is 10.5 Å². The van der Waals surface area contributed by atoms with Crippen LogP contribution in [0.4, 0.5) is 0 Å². The summed E-state index contributed by atoms with van der Waals surface area (Å²) in [6, 6.07) is 0. The van der Waals surface area contributed by atoms with Crippen LogP contribution >= 0.6 is 11.5 Å². The quantitative estimate of drug-likeness (QED) is 0.637. The van der Waals surface area contributed by atoms with E-state index in [1.807, 2.05) is 13.8 Å².